The Bertz CT molecular complexity index is 406. The molecule has 1 aromatic carbocycles. The average Bonchev–Trinajstić information content (AvgIpc) is 2.28. The van der Waals surface area contributed by atoms with Crippen LogP contribution in [0.15, 0.2) is 35.9 Å². The molecule has 0 atom stereocenters. The van der Waals surface area contributed by atoms with Gasteiger partial charge in [0.15, 0.2) is 0 Å². The molecule has 92 valence electrons. The maximum Gasteiger partial charge on any atom is 0.339 e. The Morgan fingerprint density at radius 2 is 2.18 bits per heavy atom. The smallest absolute Gasteiger partial charge is 0.339 e. The highest BCUT2D eigenvalue weighted by molar-refractivity contribution is 6.29. The lowest BCUT2D eigenvalue weighted by molar-refractivity contribution is 0.0692. The normalized spacial score (nSPS) is 9.94. The van der Waals surface area contributed by atoms with Crippen LogP contribution in [0.5, 0.6) is 5.75 Å². The molecule has 0 amide bonds. The number of hydrogen-bond donors (Lipinski definition) is 2. The maximum atomic E-state index is 10.9. The van der Waals surface area contributed by atoms with E-state index in [0.29, 0.717) is 30.5 Å². The van der Waals surface area contributed by atoms with E-state index in [2.05, 4.69) is 11.9 Å². The first-order valence-corrected chi connectivity index (χ1v) is 5.48. The summed E-state index contributed by atoms with van der Waals surface area (Å²) in [6, 6.07) is 6.53. The molecule has 1 rings (SSSR count). The van der Waals surface area contributed by atoms with E-state index >= 15 is 0 Å². The van der Waals surface area contributed by atoms with Gasteiger partial charge in [-0.3, -0.25) is 0 Å². The summed E-state index contributed by atoms with van der Waals surface area (Å²) < 4.78 is 5.36. The molecule has 0 bridgehead atoms. The van der Waals surface area contributed by atoms with Gasteiger partial charge < -0.3 is 15.2 Å². The summed E-state index contributed by atoms with van der Waals surface area (Å²) in [7, 11) is 0. The minimum absolute atomic E-state index is 0.161. The highest BCUT2D eigenvalue weighted by Crippen LogP contribution is 2.17. The fourth-order valence-electron chi connectivity index (χ4n) is 1.23. The van der Waals surface area contributed by atoms with Crippen LogP contribution >= 0.6 is 11.6 Å². The molecule has 0 aliphatic rings. The van der Waals surface area contributed by atoms with Gasteiger partial charge in [-0.1, -0.05) is 30.3 Å². The quantitative estimate of drug-likeness (QED) is 0.733. The summed E-state index contributed by atoms with van der Waals surface area (Å²) in [5.74, 6) is -0.630. The minimum atomic E-state index is -0.998. The Balaban J connectivity index is 2.41. The molecular weight excluding hydrogens is 242 g/mol. The lowest BCUT2D eigenvalue weighted by Gasteiger charge is -2.09. The molecule has 0 aromatic heterocycles. The molecule has 5 heteroatoms. The molecule has 0 heterocycles. The van der Waals surface area contributed by atoms with Crippen molar-refractivity contribution < 1.29 is 14.6 Å². The highest BCUT2D eigenvalue weighted by Gasteiger charge is 2.09. The van der Waals surface area contributed by atoms with Crippen LogP contribution in [0.3, 0.4) is 0 Å². The Morgan fingerprint density at radius 3 is 2.82 bits per heavy atom. The second-order valence-corrected chi connectivity index (χ2v) is 3.88. The second kappa shape index (κ2) is 6.93. The van der Waals surface area contributed by atoms with Crippen LogP contribution < -0.4 is 10.1 Å². The number of hydrogen-bond acceptors (Lipinski definition) is 3. The zero-order valence-electron chi connectivity index (χ0n) is 9.28. The third kappa shape index (κ3) is 4.89. The van der Waals surface area contributed by atoms with Crippen molar-refractivity contribution >= 4 is 17.6 Å². The number of ether oxygens (including phenoxy) is 1. The Hall–Kier alpha value is -1.52. The minimum Gasteiger partial charge on any atom is -0.491 e. The van der Waals surface area contributed by atoms with Crippen molar-refractivity contribution in [2.45, 2.75) is 0 Å². The largest absolute Gasteiger partial charge is 0.491 e. The molecule has 0 aliphatic carbocycles. The molecular formula is C12H14ClNO3. The third-order valence-corrected chi connectivity index (χ3v) is 2.10. The maximum absolute atomic E-state index is 10.9. The summed E-state index contributed by atoms with van der Waals surface area (Å²) in [5, 5.41) is 12.4. The van der Waals surface area contributed by atoms with Crippen LogP contribution in [-0.4, -0.2) is 30.8 Å². The molecule has 0 unspecified atom stereocenters. The van der Waals surface area contributed by atoms with E-state index in [1.165, 1.54) is 6.07 Å². The highest BCUT2D eigenvalue weighted by atomic mass is 35.5. The van der Waals surface area contributed by atoms with E-state index in [0.717, 1.165) is 0 Å². The van der Waals surface area contributed by atoms with Crippen LogP contribution in [0.25, 0.3) is 0 Å². The van der Waals surface area contributed by atoms with Crippen LogP contribution in [-0.2, 0) is 0 Å². The van der Waals surface area contributed by atoms with Gasteiger partial charge in [0.25, 0.3) is 0 Å². The SMILES string of the molecule is C=C(Cl)CNCCOc1ccccc1C(=O)O. The number of carbonyl (C=O) groups is 1. The van der Waals surface area contributed by atoms with Gasteiger partial charge in [0.05, 0.1) is 0 Å². The van der Waals surface area contributed by atoms with E-state index in [9.17, 15) is 4.79 Å². The lowest BCUT2D eigenvalue weighted by Crippen LogP contribution is -2.22. The summed E-state index contributed by atoms with van der Waals surface area (Å²) in [6.45, 7) is 4.98. The van der Waals surface area contributed by atoms with Crippen molar-refractivity contribution in [1.82, 2.24) is 5.32 Å². The lowest BCUT2D eigenvalue weighted by atomic mass is 10.2. The van der Waals surface area contributed by atoms with Crippen LogP contribution in [0, 0.1) is 0 Å². The number of rotatable bonds is 7. The standard InChI is InChI=1S/C12H14ClNO3/c1-9(13)8-14-6-7-17-11-5-3-2-4-10(11)12(15)16/h2-5,14H,1,6-8H2,(H,15,16). The third-order valence-electron chi connectivity index (χ3n) is 1.97. The molecule has 2 N–H and O–H groups in total. The van der Waals surface area contributed by atoms with Crippen LogP contribution in [0.1, 0.15) is 10.4 Å². The molecule has 0 fully saturated rings. The number of nitrogens with one attached hydrogen (secondary N) is 1. The number of benzene rings is 1. The van der Waals surface area contributed by atoms with Crippen molar-refractivity contribution in [1.29, 1.82) is 0 Å². The van der Waals surface area contributed by atoms with E-state index in [1.807, 2.05) is 0 Å². The summed E-state index contributed by atoms with van der Waals surface area (Å²) in [5.41, 5.74) is 0.161. The van der Waals surface area contributed by atoms with Crippen molar-refractivity contribution in [3.05, 3.63) is 41.4 Å². The molecule has 1 aromatic rings. The van der Waals surface area contributed by atoms with Gasteiger partial charge in [-0.05, 0) is 12.1 Å². The van der Waals surface area contributed by atoms with Gasteiger partial charge in [0.2, 0.25) is 0 Å². The molecule has 0 saturated carbocycles. The molecule has 0 spiro atoms. The Labute approximate surface area is 105 Å². The monoisotopic (exact) mass is 255 g/mol. The molecule has 4 nitrogen and oxygen atoms in total. The summed E-state index contributed by atoms with van der Waals surface area (Å²) >= 11 is 5.57. The molecule has 0 radical (unpaired) electrons. The number of aromatic carboxylic acids is 1. The number of carboxylic acid groups (broad SMARTS) is 1. The van der Waals surface area contributed by atoms with Crippen molar-refractivity contribution in [3.8, 4) is 5.75 Å². The van der Waals surface area contributed by atoms with Crippen molar-refractivity contribution in [2.24, 2.45) is 0 Å². The van der Waals surface area contributed by atoms with Gasteiger partial charge >= 0.3 is 5.97 Å². The number of para-hydroxylation sites is 1. The fourth-order valence-corrected chi connectivity index (χ4v) is 1.32. The first kappa shape index (κ1) is 13.5. The topological polar surface area (TPSA) is 58.6 Å². The molecule has 17 heavy (non-hydrogen) atoms. The predicted octanol–water partition coefficient (Wildman–Crippen LogP) is 2.11. The first-order chi connectivity index (χ1) is 8.11. The number of carboxylic acids is 1. The predicted molar refractivity (Wildman–Crippen MR) is 66.8 cm³/mol. The zero-order chi connectivity index (χ0) is 12.7. The average molecular weight is 256 g/mol. The Kier molecular flexibility index (Phi) is 5.52. The number of halogens is 1. The van der Waals surface area contributed by atoms with Gasteiger partial charge in [0.1, 0.15) is 17.9 Å². The van der Waals surface area contributed by atoms with Gasteiger partial charge in [-0.15, -0.1) is 0 Å². The van der Waals surface area contributed by atoms with Crippen LogP contribution in [0.4, 0.5) is 0 Å². The summed E-state index contributed by atoms with van der Waals surface area (Å²) in [6.07, 6.45) is 0. The van der Waals surface area contributed by atoms with Gasteiger partial charge in [-0.25, -0.2) is 4.79 Å². The summed E-state index contributed by atoms with van der Waals surface area (Å²) in [4.78, 5) is 10.9. The molecule has 0 aliphatic heterocycles. The van der Waals surface area contributed by atoms with E-state index < -0.39 is 5.97 Å². The van der Waals surface area contributed by atoms with E-state index in [4.69, 9.17) is 21.4 Å². The van der Waals surface area contributed by atoms with Crippen molar-refractivity contribution in [3.63, 3.8) is 0 Å². The van der Waals surface area contributed by atoms with Gasteiger partial charge in [0, 0.05) is 18.1 Å². The van der Waals surface area contributed by atoms with Crippen LogP contribution in [0.2, 0.25) is 0 Å². The first-order valence-electron chi connectivity index (χ1n) is 5.10. The van der Waals surface area contributed by atoms with E-state index in [-0.39, 0.29) is 5.56 Å². The van der Waals surface area contributed by atoms with E-state index in [1.54, 1.807) is 18.2 Å². The zero-order valence-corrected chi connectivity index (χ0v) is 10.0. The van der Waals surface area contributed by atoms with Gasteiger partial charge in [-0.2, -0.15) is 0 Å². The fraction of sp³-hybridized carbons (Fsp3) is 0.250. The Morgan fingerprint density at radius 1 is 1.47 bits per heavy atom. The molecule has 0 saturated heterocycles. The van der Waals surface area contributed by atoms with Crippen molar-refractivity contribution in [2.75, 3.05) is 19.7 Å². The second-order valence-electron chi connectivity index (χ2n) is 3.34.